The van der Waals surface area contributed by atoms with Gasteiger partial charge in [-0.25, -0.2) is 0 Å². The minimum atomic E-state index is 0.405. The number of aryl methyl sites for hydroxylation is 2. The standard InChI is InChI=1S/C17H20N2O/c1-11-10-19-12(2)8-16(11)15-5-3-4-14-13(9-18)6-7-20-17(14)15/h3-5,8,10,13H,6-7,9,18H2,1-2H3/t13-/m0/s1. The molecule has 1 aromatic heterocycles. The number of ether oxygens (including phenoxy) is 1. The zero-order chi connectivity index (χ0) is 14.1. The molecule has 3 heteroatoms. The van der Waals surface area contributed by atoms with E-state index in [0.29, 0.717) is 12.5 Å². The molecule has 104 valence electrons. The van der Waals surface area contributed by atoms with E-state index in [0.717, 1.165) is 30.0 Å². The van der Waals surface area contributed by atoms with Gasteiger partial charge in [-0.2, -0.15) is 0 Å². The molecule has 1 atom stereocenters. The average Bonchev–Trinajstić information content (AvgIpc) is 2.48. The van der Waals surface area contributed by atoms with Crippen LogP contribution in [0, 0.1) is 13.8 Å². The zero-order valence-corrected chi connectivity index (χ0v) is 12.0. The van der Waals surface area contributed by atoms with Crippen molar-refractivity contribution in [1.29, 1.82) is 0 Å². The molecule has 0 aliphatic carbocycles. The molecule has 0 unspecified atom stereocenters. The number of para-hydroxylation sites is 1. The molecular formula is C17H20N2O. The highest BCUT2D eigenvalue weighted by molar-refractivity contribution is 5.75. The molecule has 3 rings (SSSR count). The number of aromatic nitrogens is 1. The highest BCUT2D eigenvalue weighted by Crippen LogP contribution is 2.41. The minimum absolute atomic E-state index is 0.405. The van der Waals surface area contributed by atoms with Gasteiger partial charge < -0.3 is 10.5 Å². The summed E-state index contributed by atoms with van der Waals surface area (Å²) in [5, 5.41) is 0. The van der Waals surface area contributed by atoms with Crippen molar-refractivity contribution < 1.29 is 4.74 Å². The van der Waals surface area contributed by atoms with Crippen molar-refractivity contribution in [3.63, 3.8) is 0 Å². The fourth-order valence-electron chi connectivity index (χ4n) is 2.87. The van der Waals surface area contributed by atoms with Gasteiger partial charge in [0, 0.05) is 23.4 Å². The molecular weight excluding hydrogens is 248 g/mol. The summed E-state index contributed by atoms with van der Waals surface area (Å²) >= 11 is 0. The summed E-state index contributed by atoms with van der Waals surface area (Å²) in [4.78, 5) is 4.35. The summed E-state index contributed by atoms with van der Waals surface area (Å²) in [6.07, 6.45) is 2.93. The summed E-state index contributed by atoms with van der Waals surface area (Å²) in [5.41, 5.74) is 11.7. The van der Waals surface area contributed by atoms with E-state index in [4.69, 9.17) is 10.5 Å². The molecule has 2 N–H and O–H groups in total. The molecule has 0 saturated carbocycles. The summed E-state index contributed by atoms with van der Waals surface area (Å²) in [6.45, 7) is 5.52. The number of pyridine rings is 1. The van der Waals surface area contributed by atoms with Crippen LogP contribution in [0.2, 0.25) is 0 Å². The van der Waals surface area contributed by atoms with Gasteiger partial charge in [-0.1, -0.05) is 18.2 Å². The lowest BCUT2D eigenvalue weighted by molar-refractivity contribution is 0.270. The number of hydrogen-bond acceptors (Lipinski definition) is 3. The Balaban J connectivity index is 2.18. The van der Waals surface area contributed by atoms with E-state index in [1.165, 1.54) is 16.7 Å². The second-order valence-electron chi connectivity index (χ2n) is 5.43. The van der Waals surface area contributed by atoms with Crippen LogP contribution in [0.5, 0.6) is 5.75 Å². The Hall–Kier alpha value is -1.87. The number of fused-ring (bicyclic) bond motifs is 1. The summed E-state index contributed by atoms with van der Waals surface area (Å²) < 4.78 is 5.96. The van der Waals surface area contributed by atoms with Crippen molar-refractivity contribution in [3.8, 4) is 16.9 Å². The fourth-order valence-corrected chi connectivity index (χ4v) is 2.87. The largest absolute Gasteiger partial charge is 0.493 e. The van der Waals surface area contributed by atoms with Crippen LogP contribution < -0.4 is 10.5 Å². The van der Waals surface area contributed by atoms with Crippen LogP contribution in [0.4, 0.5) is 0 Å². The Labute approximate surface area is 119 Å². The van der Waals surface area contributed by atoms with Crippen LogP contribution in [0.1, 0.15) is 29.2 Å². The molecule has 3 nitrogen and oxygen atoms in total. The van der Waals surface area contributed by atoms with Gasteiger partial charge in [0.25, 0.3) is 0 Å². The first-order valence-electron chi connectivity index (χ1n) is 7.10. The Morgan fingerprint density at radius 2 is 2.15 bits per heavy atom. The first-order chi connectivity index (χ1) is 9.70. The highest BCUT2D eigenvalue weighted by atomic mass is 16.5. The summed E-state index contributed by atoms with van der Waals surface area (Å²) in [7, 11) is 0. The lowest BCUT2D eigenvalue weighted by Crippen LogP contribution is -2.21. The van der Waals surface area contributed by atoms with Gasteiger partial charge >= 0.3 is 0 Å². The quantitative estimate of drug-likeness (QED) is 0.910. The fraction of sp³-hybridized carbons (Fsp3) is 0.353. The monoisotopic (exact) mass is 268 g/mol. The van der Waals surface area contributed by atoms with Crippen molar-refractivity contribution in [3.05, 3.63) is 47.3 Å². The lowest BCUT2D eigenvalue weighted by atomic mass is 9.89. The Morgan fingerprint density at radius 3 is 2.95 bits per heavy atom. The molecule has 0 amide bonds. The molecule has 20 heavy (non-hydrogen) atoms. The molecule has 0 spiro atoms. The molecule has 1 aliphatic rings. The normalized spacial score (nSPS) is 17.4. The maximum absolute atomic E-state index is 5.96. The van der Waals surface area contributed by atoms with Crippen LogP contribution in [0.3, 0.4) is 0 Å². The van der Waals surface area contributed by atoms with Gasteiger partial charge in [0.15, 0.2) is 0 Å². The molecule has 0 fully saturated rings. The molecule has 1 aromatic carbocycles. The van der Waals surface area contributed by atoms with Crippen LogP contribution in [-0.4, -0.2) is 18.1 Å². The third-order valence-corrected chi connectivity index (χ3v) is 4.01. The number of rotatable bonds is 2. The minimum Gasteiger partial charge on any atom is -0.493 e. The lowest BCUT2D eigenvalue weighted by Gasteiger charge is -2.27. The van der Waals surface area contributed by atoms with Crippen LogP contribution in [0.25, 0.3) is 11.1 Å². The third kappa shape index (κ3) is 2.18. The summed E-state index contributed by atoms with van der Waals surface area (Å²) in [6, 6.07) is 8.49. The van der Waals surface area contributed by atoms with Gasteiger partial charge in [-0.15, -0.1) is 0 Å². The first kappa shape index (κ1) is 13.1. The van der Waals surface area contributed by atoms with E-state index in [1.54, 1.807) is 0 Å². The Morgan fingerprint density at radius 1 is 1.30 bits per heavy atom. The second-order valence-corrected chi connectivity index (χ2v) is 5.43. The molecule has 0 saturated heterocycles. The maximum atomic E-state index is 5.96. The number of benzene rings is 1. The van der Waals surface area contributed by atoms with E-state index in [-0.39, 0.29) is 0 Å². The van der Waals surface area contributed by atoms with Gasteiger partial charge in [-0.3, -0.25) is 4.98 Å². The van der Waals surface area contributed by atoms with E-state index in [2.05, 4.69) is 36.2 Å². The molecule has 2 heterocycles. The van der Waals surface area contributed by atoms with Crippen LogP contribution >= 0.6 is 0 Å². The number of hydrogen-bond donors (Lipinski definition) is 1. The van der Waals surface area contributed by atoms with Crippen molar-refractivity contribution in [2.45, 2.75) is 26.2 Å². The van der Waals surface area contributed by atoms with Gasteiger partial charge in [0.1, 0.15) is 5.75 Å². The average molecular weight is 268 g/mol. The van der Waals surface area contributed by atoms with Crippen molar-refractivity contribution in [2.75, 3.05) is 13.2 Å². The van der Waals surface area contributed by atoms with E-state index >= 15 is 0 Å². The van der Waals surface area contributed by atoms with Gasteiger partial charge in [0.2, 0.25) is 0 Å². The Bertz CT molecular complexity index is 637. The van der Waals surface area contributed by atoms with E-state index in [1.807, 2.05) is 13.1 Å². The molecule has 2 aromatic rings. The summed E-state index contributed by atoms with van der Waals surface area (Å²) in [5.74, 6) is 1.41. The van der Waals surface area contributed by atoms with Gasteiger partial charge in [-0.05, 0) is 49.6 Å². The smallest absolute Gasteiger partial charge is 0.130 e. The van der Waals surface area contributed by atoms with Crippen LogP contribution in [-0.2, 0) is 0 Å². The van der Waals surface area contributed by atoms with E-state index < -0.39 is 0 Å². The van der Waals surface area contributed by atoms with Crippen molar-refractivity contribution in [1.82, 2.24) is 4.98 Å². The van der Waals surface area contributed by atoms with Crippen LogP contribution in [0.15, 0.2) is 30.5 Å². The maximum Gasteiger partial charge on any atom is 0.130 e. The predicted molar refractivity (Wildman–Crippen MR) is 81.1 cm³/mol. The topological polar surface area (TPSA) is 48.1 Å². The van der Waals surface area contributed by atoms with Crippen molar-refractivity contribution >= 4 is 0 Å². The molecule has 0 radical (unpaired) electrons. The molecule has 1 aliphatic heterocycles. The Kier molecular flexibility index (Phi) is 3.45. The first-order valence-corrected chi connectivity index (χ1v) is 7.10. The zero-order valence-electron chi connectivity index (χ0n) is 12.0. The third-order valence-electron chi connectivity index (χ3n) is 4.01. The van der Waals surface area contributed by atoms with Gasteiger partial charge in [0.05, 0.1) is 6.61 Å². The van der Waals surface area contributed by atoms with E-state index in [9.17, 15) is 0 Å². The highest BCUT2D eigenvalue weighted by Gasteiger charge is 2.23. The predicted octanol–water partition coefficient (Wildman–Crippen LogP) is 3.19. The second kappa shape index (κ2) is 5.25. The molecule has 0 bridgehead atoms. The SMILES string of the molecule is Cc1cc(-c2cccc3c2OCC[C@H]3CN)c(C)cn1. The number of nitrogens with two attached hydrogens (primary N) is 1. The van der Waals surface area contributed by atoms with Crippen molar-refractivity contribution in [2.24, 2.45) is 5.73 Å². The number of nitrogens with zero attached hydrogens (tertiary/aromatic N) is 1.